The Morgan fingerprint density at radius 3 is 2.50 bits per heavy atom. The van der Waals surface area contributed by atoms with E-state index in [0.717, 1.165) is 58.7 Å². The van der Waals surface area contributed by atoms with Crippen molar-refractivity contribution >= 4 is 0 Å². The maximum Gasteiger partial charge on any atom is 0.122 e. The van der Waals surface area contributed by atoms with Gasteiger partial charge in [0, 0.05) is 25.9 Å². The van der Waals surface area contributed by atoms with Crippen molar-refractivity contribution in [2.24, 2.45) is 0 Å². The van der Waals surface area contributed by atoms with Gasteiger partial charge in [-0.2, -0.15) is 0 Å². The number of nitrogens with one attached hydrogen (secondary N) is 1. The van der Waals surface area contributed by atoms with Gasteiger partial charge in [-0.25, -0.2) is 0 Å². The zero-order valence-corrected chi connectivity index (χ0v) is 10.1. The van der Waals surface area contributed by atoms with Crippen molar-refractivity contribution < 1.29 is 9.47 Å². The highest BCUT2D eigenvalue weighted by Gasteiger charge is 2.49. The summed E-state index contributed by atoms with van der Waals surface area (Å²) in [7, 11) is 0. The van der Waals surface area contributed by atoms with E-state index in [-0.39, 0.29) is 11.3 Å². The van der Waals surface area contributed by atoms with Crippen molar-refractivity contribution in [2.45, 2.75) is 37.5 Å². The van der Waals surface area contributed by atoms with Crippen LogP contribution in [0.2, 0.25) is 0 Å². The third-order valence-corrected chi connectivity index (χ3v) is 4.32. The number of ether oxygens (including phenoxy) is 2. The molecule has 0 radical (unpaired) electrons. The van der Waals surface area contributed by atoms with Crippen LogP contribution in [0.5, 0.6) is 0 Å². The molecule has 0 atom stereocenters. The number of likely N-dealkylation sites (tertiary alicyclic amines) is 1. The first-order valence-electron chi connectivity index (χ1n) is 6.49. The maximum absolute atomic E-state index is 6.04. The van der Waals surface area contributed by atoms with Crippen LogP contribution in [0.4, 0.5) is 0 Å². The van der Waals surface area contributed by atoms with Gasteiger partial charge in [0.2, 0.25) is 0 Å². The molecule has 0 bridgehead atoms. The summed E-state index contributed by atoms with van der Waals surface area (Å²) in [5, 5.41) is 3.75. The fraction of sp³-hybridized carbons (Fsp3) is 1.00. The lowest BCUT2D eigenvalue weighted by Crippen LogP contribution is -2.73. The fourth-order valence-electron chi connectivity index (χ4n) is 3.09. The molecule has 3 saturated heterocycles. The molecule has 3 aliphatic heterocycles. The standard InChI is InChI=1S/C12H22N2O2/c1-2-14-6-3-12(4-7-14)13-11(5-8-16-12)9-15-10-11/h13H,2-10H2,1H3. The van der Waals surface area contributed by atoms with Crippen molar-refractivity contribution in [1.82, 2.24) is 10.2 Å². The molecule has 0 unspecified atom stereocenters. The minimum Gasteiger partial charge on any atom is -0.377 e. The van der Waals surface area contributed by atoms with Crippen molar-refractivity contribution in [2.75, 3.05) is 39.5 Å². The lowest BCUT2D eigenvalue weighted by atomic mass is 9.86. The normalized spacial score (nSPS) is 32.8. The van der Waals surface area contributed by atoms with E-state index in [9.17, 15) is 0 Å². The Bertz CT molecular complexity index is 258. The molecule has 1 N–H and O–H groups in total. The molecule has 0 aromatic rings. The van der Waals surface area contributed by atoms with E-state index in [1.54, 1.807) is 0 Å². The van der Waals surface area contributed by atoms with E-state index in [2.05, 4.69) is 17.1 Å². The zero-order valence-electron chi connectivity index (χ0n) is 10.1. The van der Waals surface area contributed by atoms with Gasteiger partial charge in [-0.1, -0.05) is 6.92 Å². The Labute approximate surface area is 97.3 Å². The van der Waals surface area contributed by atoms with Crippen LogP contribution < -0.4 is 5.32 Å². The van der Waals surface area contributed by atoms with E-state index < -0.39 is 0 Å². The highest BCUT2D eigenvalue weighted by molar-refractivity contribution is 5.03. The van der Waals surface area contributed by atoms with E-state index in [1.165, 1.54) is 0 Å². The Hall–Kier alpha value is -0.160. The Morgan fingerprint density at radius 2 is 1.94 bits per heavy atom. The van der Waals surface area contributed by atoms with Gasteiger partial charge < -0.3 is 14.4 Å². The lowest BCUT2D eigenvalue weighted by molar-refractivity contribution is -0.210. The van der Waals surface area contributed by atoms with Crippen molar-refractivity contribution in [1.29, 1.82) is 0 Å². The monoisotopic (exact) mass is 226 g/mol. The first-order valence-corrected chi connectivity index (χ1v) is 6.49. The molecule has 0 aromatic carbocycles. The second-order valence-corrected chi connectivity index (χ2v) is 5.43. The van der Waals surface area contributed by atoms with Gasteiger partial charge in [-0.05, 0) is 13.0 Å². The fourth-order valence-corrected chi connectivity index (χ4v) is 3.09. The highest BCUT2D eigenvalue weighted by atomic mass is 16.5. The first kappa shape index (κ1) is 11.0. The molecule has 0 saturated carbocycles. The summed E-state index contributed by atoms with van der Waals surface area (Å²) < 4.78 is 11.4. The molecule has 0 aliphatic carbocycles. The van der Waals surface area contributed by atoms with Crippen LogP contribution in [0.1, 0.15) is 26.2 Å². The van der Waals surface area contributed by atoms with Crippen LogP contribution in [-0.4, -0.2) is 55.6 Å². The Balaban J connectivity index is 1.65. The minimum absolute atomic E-state index is 0.0479. The van der Waals surface area contributed by atoms with Crippen LogP contribution in [0.25, 0.3) is 0 Å². The molecule has 16 heavy (non-hydrogen) atoms. The van der Waals surface area contributed by atoms with Gasteiger partial charge in [-0.15, -0.1) is 0 Å². The van der Waals surface area contributed by atoms with Gasteiger partial charge >= 0.3 is 0 Å². The number of hydrogen-bond donors (Lipinski definition) is 1. The van der Waals surface area contributed by atoms with Crippen molar-refractivity contribution in [3.8, 4) is 0 Å². The molecule has 92 valence electrons. The van der Waals surface area contributed by atoms with Gasteiger partial charge in [0.15, 0.2) is 0 Å². The van der Waals surface area contributed by atoms with Crippen LogP contribution in [0, 0.1) is 0 Å². The first-order chi connectivity index (χ1) is 7.76. The molecule has 3 heterocycles. The van der Waals surface area contributed by atoms with E-state index >= 15 is 0 Å². The minimum atomic E-state index is -0.0479. The van der Waals surface area contributed by atoms with Crippen LogP contribution in [0.15, 0.2) is 0 Å². The van der Waals surface area contributed by atoms with Crippen molar-refractivity contribution in [3.63, 3.8) is 0 Å². The van der Waals surface area contributed by atoms with Gasteiger partial charge in [-0.3, -0.25) is 5.32 Å². The van der Waals surface area contributed by atoms with Gasteiger partial charge in [0.25, 0.3) is 0 Å². The summed E-state index contributed by atoms with van der Waals surface area (Å²) >= 11 is 0. The highest BCUT2D eigenvalue weighted by Crippen LogP contribution is 2.35. The average Bonchev–Trinajstić information content (AvgIpc) is 2.28. The summed E-state index contributed by atoms with van der Waals surface area (Å²) in [5.41, 5.74) is 0.195. The average molecular weight is 226 g/mol. The Kier molecular flexibility index (Phi) is 2.70. The lowest BCUT2D eigenvalue weighted by Gasteiger charge is -2.55. The number of rotatable bonds is 1. The molecular formula is C12H22N2O2. The van der Waals surface area contributed by atoms with E-state index in [0.29, 0.717) is 0 Å². The summed E-state index contributed by atoms with van der Waals surface area (Å²) in [5.74, 6) is 0. The predicted octanol–water partition coefficient (Wildman–Crippen LogP) is 0.577. The summed E-state index contributed by atoms with van der Waals surface area (Å²) in [6, 6.07) is 0. The molecular weight excluding hydrogens is 204 g/mol. The summed E-state index contributed by atoms with van der Waals surface area (Å²) in [6.45, 7) is 8.33. The molecule has 2 spiro atoms. The molecule has 0 amide bonds. The largest absolute Gasteiger partial charge is 0.377 e. The van der Waals surface area contributed by atoms with Crippen molar-refractivity contribution in [3.05, 3.63) is 0 Å². The topological polar surface area (TPSA) is 33.7 Å². The molecule has 0 aromatic heterocycles. The number of piperidine rings is 1. The molecule has 3 rings (SSSR count). The summed E-state index contributed by atoms with van der Waals surface area (Å²) in [4.78, 5) is 2.49. The van der Waals surface area contributed by atoms with E-state index in [4.69, 9.17) is 9.47 Å². The SMILES string of the molecule is CCN1CCC2(CC1)NC1(CCO2)COC1. The summed E-state index contributed by atoms with van der Waals surface area (Å²) in [6.07, 6.45) is 3.33. The smallest absolute Gasteiger partial charge is 0.122 e. The molecule has 4 heteroatoms. The third-order valence-electron chi connectivity index (χ3n) is 4.32. The second kappa shape index (κ2) is 3.95. The number of hydrogen-bond acceptors (Lipinski definition) is 4. The van der Waals surface area contributed by atoms with E-state index in [1.807, 2.05) is 0 Å². The van der Waals surface area contributed by atoms with Crippen LogP contribution in [-0.2, 0) is 9.47 Å². The molecule has 3 aliphatic rings. The molecule has 4 nitrogen and oxygen atoms in total. The van der Waals surface area contributed by atoms with Gasteiger partial charge in [0.1, 0.15) is 5.72 Å². The quantitative estimate of drug-likeness (QED) is 0.709. The maximum atomic E-state index is 6.04. The number of nitrogens with zero attached hydrogens (tertiary/aromatic N) is 1. The second-order valence-electron chi connectivity index (χ2n) is 5.43. The molecule has 3 fully saturated rings. The zero-order chi connectivity index (χ0) is 11.1. The van der Waals surface area contributed by atoms with Gasteiger partial charge in [0.05, 0.1) is 25.4 Å². The predicted molar refractivity (Wildman–Crippen MR) is 61.3 cm³/mol. The van der Waals surface area contributed by atoms with Crippen LogP contribution in [0.3, 0.4) is 0 Å². The van der Waals surface area contributed by atoms with Crippen LogP contribution >= 0.6 is 0 Å². The Morgan fingerprint density at radius 1 is 1.19 bits per heavy atom. The third kappa shape index (κ3) is 1.78.